The lowest BCUT2D eigenvalue weighted by Gasteiger charge is -2.26. The van der Waals surface area contributed by atoms with E-state index in [9.17, 15) is 0 Å². The summed E-state index contributed by atoms with van der Waals surface area (Å²) >= 11 is 0. The minimum absolute atomic E-state index is 0.665. The molecule has 1 heterocycles. The summed E-state index contributed by atoms with van der Waals surface area (Å²) in [5.41, 5.74) is 6.78. The first-order valence-corrected chi connectivity index (χ1v) is 7.63. The van der Waals surface area contributed by atoms with Gasteiger partial charge in [-0.1, -0.05) is 6.07 Å². The van der Waals surface area contributed by atoms with Crippen LogP contribution in [-0.2, 0) is 11.2 Å². The largest absolute Gasteiger partial charge is 0.493 e. The predicted molar refractivity (Wildman–Crippen MR) is 83.1 cm³/mol. The summed E-state index contributed by atoms with van der Waals surface area (Å²) in [5, 5.41) is 0. The minimum Gasteiger partial charge on any atom is -0.493 e. The molecule has 0 spiro atoms. The van der Waals surface area contributed by atoms with Gasteiger partial charge in [0.05, 0.1) is 20.3 Å². The van der Waals surface area contributed by atoms with Crippen LogP contribution >= 0.6 is 0 Å². The summed E-state index contributed by atoms with van der Waals surface area (Å²) < 4.78 is 16.6. The van der Waals surface area contributed by atoms with Crippen LogP contribution in [0.5, 0.6) is 11.5 Å². The first-order valence-electron chi connectivity index (χ1n) is 7.63. The van der Waals surface area contributed by atoms with E-state index >= 15 is 0 Å². The Morgan fingerprint density at radius 1 is 1.24 bits per heavy atom. The van der Waals surface area contributed by atoms with E-state index in [4.69, 9.17) is 19.9 Å². The Labute approximate surface area is 127 Å². The zero-order chi connectivity index (χ0) is 14.9. The van der Waals surface area contributed by atoms with Crippen molar-refractivity contribution in [2.75, 3.05) is 53.1 Å². The van der Waals surface area contributed by atoms with Crippen molar-refractivity contribution in [1.29, 1.82) is 0 Å². The third kappa shape index (κ3) is 5.19. The van der Waals surface area contributed by atoms with Crippen LogP contribution in [0.3, 0.4) is 0 Å². The van der Waals surface area contributed by atoms with Crippen LogP contribution in [0.25, 0.3) is 0 Å². The summed E-state index contributed by atoms with van der Waals surface area (Å²) in [6.07, 6.45) is 1.96. The normalized spacial score (nSPS) is 15.9. The van der Waals surface area contributed by atoms with E-state index in [0.717, 1.165) is 57.2 Å². The Morgan fingerprint density at radius 3 is 2.76 bits per heavy atom. The second-order valence-corrected chi connectivity index (χ2v) is 5.18. The van der Waals surface area contributed by atoms with E-state index < -0.39 is 0 Å². The van der Waals surface area contributed by atoms with E-state index in [-0.39, 0.29) is 0 Å². The van der Waals surface area contributed by atoms with Crippen LogP contribution in [0.2, 0.25) is 0 Å². The summed E-state index contributed by atoms with van der Waals surface area (Å²) in [6.45, 7) is 5.90. The van der Waals surface area contributed by atoms with Gasteiger partial charge in [-0.25, -0.2) is 0 Å². The number of morpholine rings is 1. The van der Waals surface area contributed by atoms with Crippen LogP contribution in [0, 0.1) is 0 Å². The van der Waals surface area contributed by atoms with Crippen molar-refractivity contribution in [2.45, 2.75) is 12.8 Å². The van der Waals surface area contributed by atoms with Crippen molar-refractivity contribution < 1.29 is 14.2 Å². The standard InChI is InChI=1S/C16H26N2O3/c1-19-16-13-14(3-2-6-17)4-5-15(16)21-12-9-18-7-10-20-11-8-18/h4-5,13H,2-3,6-12,17H2,1H3. The van der Waals surface area contributed by atoms with Gasteiger partial charge in [-0.2, -0.15) is 0 Å². The molecule has 0 amide bonds. The van der Waals surface area contributed by atoms with E-state index in [1.807, 2.05) is 12.1 Å². The number of ether oxygens (including phenoxy) is 3. The fourth-order valence-electron chi connectivity index (χ4n) is 2.40. The zero-order valence-electron chi connectivity index (χ0n) is 12.8. The second-order valence-electron chi connectivity index (χ2n) is 5.18. The fraction of sp³-hybridized carbons (Fsp3) is 0.625. The van der Waals surface area contributed by atoms with Gasteiger partial charge in [-0.15, -0.1) is 0 Å². The van der Waals surface area contributed by atoms with Gasteiger partial charge in [-0.05, 0) is 37.1 Å². The highest BCUT2D eigenvalue weighted by Gasteiger charge is 2.11. The molecule has 2 rings (SSSR count). The molecule has 5 heteroatoms. The maximum Gasteiger partial charge on any atom is 0.161 e. The number of benzene rings is 1. The molecule has 1 aliphatic rings. The smallest absolute Gasteiger partial charge is 0.161 e. The lowest BCUT2D eigenvalue weighted by atomic mass is 10.1. The number of hydrogen-bond acceptors (Lipinski definition) is 5. The molecule has 1 saturated heterocycles. The molecular weight excluding hydrogens is 268 g/mol. The van der Waals surface area contributed by atoms with Crippen molar-refractivity contribution in [3.63, 3.8) is 0 Å². The molecule has 0 atom stereocenters. The van der Waals surface area contributed by atoms with Crippen LogP contribution in [0.4, 0.5) is 0 Å². The topological polar surface area (TPSA) is 57.0 Å². The maximum absolute atomic E-state index is 5.86. The first-order chi connectivity index (χ1) is 10.3. The van der Waals surface area contributed by atoms with Crippen LogP contribution < -0.4 is 15.2 Å². The summed E-state index contributed by atoms with van der Waals surface area (Å²) in [4.78, 5) is 2.35. The van der Waals surface area contributed by atoms with Crippen molar-refractivity contribution in [3.05, 3.63) is 23.8 Å². The highest BCUT2D eigenvalue weighted by Crippen LogP contribution is 2.28. The van der Waals surface area contributed by atoms with Crippen molar-refractivity contribution in [2.24, 2.45) is 5.73 Å². The van der Waals surface area contributed by atoms with Gasteiger partial charge in [0.1, 0.15) is 6.61 Å². The first kappa shape index (κ1) is 16.1. The molecule has 0 aromatic heterocycles. The number of aryl methyl sites for hydroxylation is 1. The average Bonchev–Trinajstić information content (AvgIpc) is 2.54. The molecule has 0 unspecified atom stereocenters. The third-order valence-electron chi connectivity index (χ3n) is 3.67. The van der Waals surface area contributed by atoms with E-state index in [1.54, 1.807) is 7.11 Å². The summed E-state index contributed by atoms with van der Waals surface area (Å²) in [6, 6.07) is 6.12. The molecule has 21 heavy (non-hydrogen) atoms. The van der Waals surface area contributed by atoms with Gasteiger partial charge in [0.25, 0.3) is 0 Å². The summed E-state index contributed by atoms with van der Waals surface area (Å²) in [7, 11) is 1.68. The Morgan fingerprint density at radius 2 is 2.05 bits per heavy atom. The number of nitrogens with zero attached hydrogens (tertiary/aromatic N) is 1. The summed E-state index contributed by atoms with van der Waals surface area (Å²) in [5.74, 6) is 1.61. The molecule has 0 saturated carbocycles. The van der Waals surface area contributed by atoms with Crippen molar-refractivity contribution >= 4 is 0 Å². The average molecular weight is 294 g/mol. The highest BCUT2D eigenvalue weighted by molar-refractivity contribution is 5.43. The zero-order valence-corrected chi connectivity index (χ0v) is 12.8. The molecule has 118 valence electrons. The quantitative estimate of drug-likeness (QED) is 0.783. The van der Waals surface area contributed by atoms with E-state index in [1.165, 1.54) is 5.56 Å². The Balaban J connectivity index is 1.83. The molecule has 1 fully saturated rings. The van der Waals surface area contributed by atoms with Crippen molar-refractivity contribution in [3.8, 4) is 11.5 Å². The number of rotatable bonds is 8. The van der Waals surface area contributed by atoms with Gasteiger partial charge < -0.3 is 19.9 Å². The number of nitrogens with two attached hydrogens (primary N) is 1. The molecule has 1 aromatic rings. The highest BCUT2D eigenvalue weighted by atomic mass is 16.5. The van der Waals surface area contributed by atoms with Gasteiger partial charge in [0.2, 0.25) is 0 Å². The van der Waals surface area contributed by atoms with Crippen molar-refractivity contribution in [1.82, 2.24) is 4.90 Å². The minimum atomic E-state index is 0.665. The third-order valence-corrected chi connectivity index (χ3v) is 3.67. The molecule has 1 aliphatic heterocycles. The molecule has 0 aliphatic carbocycles. The van der Waals surface area contributed by atoms with Gasteiger partial charge >= 0.3 is 0 Å². The maximum atomic E-state index is 5.86. The Bertz CT molecular complexity index is 420. The van der Waals surface area contributed by atoms with Gasteiger partial charge in [0, 0.05) is 19.6 Å². The lowest BCUT2D eigenvalue weighted by molar-refractivity contribution is 0.0321. The van der Waals surface area contributed by atoms with Crippen LogP contribution in [-0.4, -0.2) is 58.0 Å². The molecule has 5 nitrogen and oxygen atoms in total. The fourth-order valence-corrected chi connectivity index (χ4v) is 2.40. The molecule has 0 radical (unpaired) electrons. The van der Waals surface area contributed by atoms with E-state index in [2.05, 4.69) is 11.0 Å². The number of hydrogen-bond donors (Lipinski definition) is 1. The van der Waals surface area contributed by atoms with Crippen LogP contribution in [0.15, 0.2) is 18.2 Å². The van der Waals surface area contributed by atoms with Crippen LogP contribution in [0.1, 0.15) is 12.0 Å². The molecule has 1 aromatic carbocycles. The van der Waals surface area contributed by atoms with Gasteiger partial charge in [0.15, 0.2) is 11.5 Å². The second kappa shape index (κ2) is 8.87. The Hall–Kier alpha value is -1.30. The molecule has 0 bridgehead atoms. The van der Waals surface area contributed by atoms with E-state index in [0.29, 0.717) is 13.2 Å². The van der Waals surface area contributed by atoms with Gasteiger partial charge in [-0.3, -0.25) is 4.90 Å². The monoisotopic (exact) mass is 294 g/mol. The molecule has 2 N–H and O–H groups in total. The predicted octanol–water partition coefficient (Wildman–Crippen LogP) is 1.30. The SMILES string of the molecule is COc1cc(CCCN)ccc1OCCN1CCOCC1. The lowest BCUT2D eigenvalue weighted by Crippen LogP contribution is -2.38. The Kier molecular flexibility index (Phi) is 6.79. The molecular formula is C16H26N2O3. The number of methoxy groups -OCH3 is 1.